The first-order valence-electron chi connectivity index (χ1n) is 6.73. The van der Waals surface area contributed by atoms with Crippen molar-refractivity contribution in [3.8, 4) is 0 Å². The van der Waals surface area contributed by atoms with Gasteiger partial charge in [0.25, 0.3) is 6.47 Å². The predicted octanol–water partition coefficient (Wildman–Crippen LogP) is 0.556. The van der Waals surface area contributed by atoms with Gasteiger partial charge in [-0.2, -0.15) is 0 Å². The van der Waals surface area contributed by atoms with Crippen LogP contribution < -0.4 is 0 Å². The second-order valence-corrected chi connectivity index (χ2v) is 6.14. The average Bonchev–Trinajstić information content (AvgIpc) is 2.80. The van der Waals surface area contributed by atoms with Gasteiger partial charge in [-0.25, -0.2) is 0 Å². The van der Waals surface area contributed by atoms with Crippen LogP contribution in [-0.2, 0) is 33.2 Å². The SMILES string of the molecule is CC1(C)O[C@H]2[C@@H](O1)[C@@H](COC=O)O[C@@H]1OC(C)(C)O[C@@H]12. The van der Waals surface area contributed by atoms with Crippen molar-refractivity contribution < 1.29 is 33.2 Å². The van der Waals surface area contributed by atoms with Crippen molar-refractivity contribution in [1.29, 1.82) is 0 Å². The lowest BCUT2D eigenvalue weighted by molar-refractivity contribution is -0.241. The Balaban J connectivity index is 1.82. The summed E-state index contributed by atoms with van der Waals surface area (Å²) in [7, 11) is 0. The Morgan fingerprint density at radius 3 is 2.25 bits per heavy atom. The van der Waals surface area contributed by atoms with Gasteiger partial charge in [0, 0.05) is 0 Å². The molecule has 3 saturated heterocycles. The minimum Gasteiger partial charge on any atom is -0.465 e. The minimum absolute atomic E-state index is 0.0944. The van der Waals surface area contributed by atoms with Crippen LogP contribution >= 0.6 is 0 Å². The van der Waals surface area contributed by atoms with E-state index >= 15 is 0 Å². The molecule has 3 heterocycles. The van der Waals surface area contributed by atoms with Gasteiger partial charge in [0.2, 0.25) is 0 Å². The summed E-state index contributed by atoms with van der Waals surface area (Å²) in [6.07, 6.45) is -2.02. The number of carbonyl (C=O) groups excluding carboxylic acids is 1. The van der Waals surface area contributed by atoms with Crippen LogP contribution in [0.1, 0.15) is 27.7 Å². The molecule has 20 heavy (non-hydrogen) atoms. The third kappa shape index (κ3) is 2.44. The molecule has 0 aromatic carbocycles. The first kappa shape index (κ1) is 14.2. The van der Waals surface area contributed by atoms with E-state index in [1.165, 1.54) is 0 Å². The molecule has 0 radical (unpaired) electrons. The first-order valence-corrected chi connectivity index (χ1v) is 6.73. The molecule has 7 heteroatoms. The third-order valence-electron chi connectivity index (χ3n) is 3.58. The summed E-state index contributed by atoms with van der Waals surface area (Å²) >= 11 is 0. The lowest BCUT2D eigenvalue weighted by atomic mass is 9.99. The molecule has 0 spiro atoms. The van der Waals surface area contributed by atoms with E-state index in [1.807, 2.05) is 27.7 Å². The predicted molar refractivity (Wildman–Crippen MR) is 64.5 cm³/mol. The van der Waals surface area contributed by atoms with Gasteiger partial charge in [0.15, 0.2) is 17.9 Å². The Hall–Kier alpha value is -0.730. The summed E-state index contributed by atoms with van der Waals surface area (Å²) in [5, 5.41) is 0. The summed E-state index contributed by atoms with van der Waals surface area (Å²) in [5.41, 5.74) is 0. The van der Waals surface area contributed by atoms with E-state index in [4.69, 9.17) is 28.4 Å². The molecule has 114 valence electrons. The second-order valence-electron chi connectivity index (χ2n) is 6.14. The first-order chi connectivity index (χ1) is 9.31. The molecule has 0 saturated carbocycles. The Bertz CT molecular complexity index is 394. The second kappa shape index (κ2) is 4.64. The summed E-state index contributed by atoms with van der Waals surface area (Å²) in [6, 6.07) is 0. The molecule has 0 amide bonds. The number of rotatable bonds is 3. The Morgan fingerprint density at radius 1 is 0.950 bits per heavy atom. The summed E-state index contributed by atoms with van der Waals surface area (Å²) < 4.78 is 34.0. The van der Waals surface area contributed by atoms with Gasteiger partial charge < -0.3 is 28.4 Å². The van der Waals surface area contributed by atoms with Crippen LogP contribution in [0.5, 0.6) is 0 Å². The fraction of sp³-hybridized carbons (Fsp3) is 0.923. The lowest BCUT2D eigenvalue weighted by Gasteiger charge is -2.36. The van der Waals surface area contributed by atoms with E-state index < -0.39 is 24.0 Å². The molecule has 5 atom stereocenters. The van der Waals surface area contributed by atoms with Crippen molar-refractivity contribution in [2.45, 2.75) is 70.0 Å². The fourth-order valence-electron chi connectivity index (χ4n) is 2.96. The van der Waals surface area contributed by atoms with Gasteiger partial charge in [-0.05, 0) is 27.7 Å². The Morgan fingerprint density at radius 2 is 1.55 bits per heavy atom. The highest BCUT2D eigenvalue weighted by molar-refractivity contribution is 5.37. The summed E-state index contributed by atoms with van der Waals surface area (Å²) in [6.45, 7) is 7.79. The van der Waals surface area contributed by atoms with E-state index in [0.29, 0.717) is 6.47 Å². The fourth-order valence-corrected chi connectivity index (χ4v) is 2.96. The molecule has 0 aliphatic carbocycles. The topological polar surface area (TPSA) is 72.5 Å². The minimum atomic E-state index is -0.740. The van der Waals surface area contributed by atoms with E-state index in [1.54, 1.807) is 0 Å². The maximum atomic E-state index is 10.4. The van der Waals surface area contributed by atoms with Gasteiger partial charge in [0.1, 0.15) is 31.0 Å². The van der Waals surface area contributed by atoms with Gasteiger partial charge in [-0.1, -0.05) is 0 Å². The van der Waals surface area contributed by atoms with Crippen LogP contribution in [-0.4, -0.2) is 55.4 Å². The normalized spacial score (nSPS) is 44.7. The van der Waals surface area contributed by atoms with Crippen molar-refractivity contribution in [2.24, 2.45) is 0 Å². The number of ether oxygens (including phenoxy) is 6. The lowest BCUT2D eigenvalue weighted by Crippen LogP contribution is -2.56. The summed E-state index contributed by atoms with van der Waals surface area (Å²) in [5.74, 6) is -1.47. The van der Waals surface area contributed by atoms with Crippen LogP contribution in [0.3, 0.4) is 0 Å². The van der Waals surface area contributed by atoms with E-state index in [-0.39, 0.29) is 24.9 Å². The molecular weight excluding hydrogens is 268 g/mol. The molecule has 0 unspecified atom stereocenters. The van der Waals surface area contributed by atoms with Crippen LogP contribution in [0.15, 0.2) is 0 Å². The molecular formula is C13H20O7. The van der Waals surface area contributed by atoms with Gasteiger partial charge in [0.05, 0.1) is 0 Å². The van der Waals surface area contributed by atoms with Crippen molar-refractivity contribution in [1.82, 2.24) is 0 Å². The van der Waals surface area contributed by atoms with Crippen molar-refractivity contribution in [3.05, 3.63) is 0 Å². The van der Waals surface area contributed by atoms with Crippen LogP contribution in [0, 0.1) is 0 Å². The smallest absolute Gasteiger partial charge is 0.293 e. The number of carbonyl (C=O) groups is 1. The van der Waals surface area contributed by atoms with Gasteiger partial charge in [-0.3, -0.25) is 4.79 Å². The Labute approximate surface area is 117 Å². The largest absolute Gasteiger partial charge is 0.465 e. The molecule has 3 fully saturated rings. The average molecular weight is 288 g/mol. The quantitative estimate of drug-likeness (QED) is 0.702. The zero-order valence-corrected chi connectivity index (χ0v) is 12.0. The highest BCUT2D eigenvalue weighted by Crippen LogP contribution is 2.43. The molecule has 3 aliphatic heterocycles. The zero-order chi connectivity index (χ0) is 14.5. The highest BCUT2D eigenvalue weighted by atomic mass is 16.9. The van der Waals surface area contributed by atoms with Crippen molar-refractivity contribution in [2.75, 3.05) is 6.61 Å². The number of hydrogen-bond acceptors (Lipinski definition) is 7. The molecule has 0 N–H and O–H groups in total. The maximum absolute atomic E-state index is 10.4. The van der Waals surface area contributed by atoms with Crippen molar-refractivity contribution >= 4 is 6.47 Å². The zero-order valence-electron chi connectivity index (χ0n) is 12.0. The summed E-state index contributed by atoms with van der Waals surface area (Å²) in [4.78, 5) is 10.4. The van der Waals surface area contributed by atoms with Crippen molar-refractivity contribution in [3.63, 3.8) is 0 Å². The Kier molecular flexibility index (Phi) is 3.30. The third-order valence-corrected chi connectivity index (χ3v) is 3.58. The van der Waals surface area contributed by atoms with Crippen LogP contribution in [0.2, 0.25) is 0 Å². The molecule has 3 rings (SSSR count). The molecule has 3 aliphatic rings. The molecule has 0 bridgehead atoms. The highest BCUT2D eigenvalue weighted by Gasteiger charge is 2.60. The maximum Gasteiger partial charge on any atom is 0.293 e. The van der Waals surface area contributed by atoms with Gasteiger partial charge in [-0.15, -0.1) is 0 Å². The molecule has 7 nitrogen and oxygen atoms in total. The van der Waals surface area contributed by atoms with Crippen LogP contribution in [0.25, 0.3) is 0 Å². The van der Waals surface area contributed by atoms with Gasteiger partial charge >= 0.3 is 0 Å². The molecule has 0 aromatic rings. The number of fused-ring (bicyclic) bond motifs is 3. The van der Waals surface area contributed by atoms with E-state index in [0.717, 1.165) is 0 Å². The van der Waals surface area contributed by atoms with Crippen LogP contribution in [0.4, 0.5) is 0 Å². The standard InChI is InChI=1S/C13H20O7/c1-12(2)17-8-7(5-15-6-14)16-11-10(9(8)18-12)19-13(3,4)20-11/h6-11H,5H2,1-4H3/t7-,8+,9+,10-,11-/m1/s1. The monoisotopic (exact) mass is 288 g/mol. The number of hydrogen-bond donors (Lipinski definition) is 0. The molecule has 0 aromatic heterocycles. The van der Waals surface area contributed by atoms with E-state index in [9.17, 15) is 4.79 Å². The van der Waals surface area contributed by atoms with E-state index in [2.05, 4.69) is 0 Å².